The molecule has 98 valence electrons. The largest absolute Gasteiger partial charge is 0.508 e. The zero-order valence-electron chi connectivity index (χ0n) is 10.9. The van der Waals surface area contributed by atoms with Gasteiger partial charge in [0.15, 0.2) is 0 Å². The smallest absolute Gasteiger partial charge is 0.234 e. The number of nitrogens with zero attached hydrogens (tertiary/aromatic N) is 1. The molecular formula is C14H20N2O2. The van der Waals surface area contributed by atoms with Gasteiger partial charge in [-0.15, -0.1) is 0 Å². The van der Waals surface area contributed by atoms with Crippen molar-refractivity contribution >= 4 is 11.6 Å². The highest BCUT2D eigenvalue weighted by Crippen LogP contribution is 2.39. The van der Waals surface area contributed by atoms with E-state index in [0.717, 1.165) is 19.3 Å². The van der Waals surface area contributed by atoms with E-state index in [1.165, 1.54) is 0 Å². The second kappa shape index (κ2) is 4.61. The summed E-state index contributed by atoms with van der Waals surface area (Å²) >= 11 is 0. The molecule has 0 spiro atoms. The second-order valence-electron chi connectivity index (χ2n) is 5.30. The lowest BCUT2D eigenvalue weighted by molar-refractivity contribution is -0.127. The summed E-state index contributed by atoms with van der Waals surface area (Å²) in [6.07, 6.45) is 2.73. The predicted octanol–water partition coefficient (Wildman–Crippen LogP) is 1.87. The van der Waals surface area contributed by atoms with Crippen molar-refractivity contribution in [3.8, 4) is 5.75 Å². The molecule has 0 radical (unpaired) electrons. The molecule has 1 amide bonds. The van der Waals surface area contributed by atoms with Crippen molar-refractivity contribution < 1.29 is 9.90 Å². The fourth-order valence-electron chi connectivity index (χ4n) is 2.66. The Morgan fingerprint density at radius 1 is 1.56 bits per heavy atom. The van der Waals surface area contributed by atoms with Crippen LogP contribution in [0.3, 0.4) is 0 Å². The van der Waals surface area contributed by atoms with Crippen molar-refractivity contribution in [1.29, 1.82) is 0 Å². The molecule has 2 atom stereocenters. The molecule has 0 aliphatic heterocycles. The fraction of sp³-hybridized carbons (Fsp3) is 0.500. The first kappa shape index (κ1) is 12.9. The van der Waals surface area contributed by atoms with Crippen LogP contribution in [0.1, 0.15) is 26.2 Å². The summed E-state index contributed by atoms with van der Waals surface area (Å²) in [4.78, 5) is 14.1. The number of amides is 1. The van der Waals surface area contributed by atoms with Crippen LogP contribution < -0.4 is 10.6 Å². The molecule has 0 heterocycles. The summed E-state index contributed by atoms with van der Waals surface area (Å²) in [5, 5.41) is 9.46. The van der Waals surface area contributed by atoms with Crippen LogP contribution in [0.25, 0.3) is 0 Å². The highest BCUT2D eigenvalue weighted by molar-refractivity contribution is 5.97. The van der Waals surface area contributed by atoms with E-state index >= 15 is 0 Å². The van der Waals surface area contributed by atoms with Crippen molar-refractivity contribution in [3.63, 3.8) is 0 Å². The number of carbonyl (C=O) groups excluding carboxylic acids is 1. The Labute approximate surface area is 107 Å². The van der Waals surface area contributed by atoms with Gasteiger partial charge in [-0.25, -0.2) is 0 Å². The molecule has 3 N–H and O–H groups in total. The lowest BCUT2D eigenvalue weighted by atomic mass is 9.83. The molecule has 4 nitrogen and oxygen atoms in total. The van der Waals surface area contributed by atoms with Gasteiger partial charge in [0.05, 0.1) is 5.41 Å². The van der Waals surface area contributed by atoms with Gasteiger partial charge in [-0.2, -0.15) is 0 Å². The zero-order chi connectivity index (χ0) is 13.3. The molecule has 2 unspecified atom stereocenters. The minimum Gasteiger partial charge on any atom is -0.508 e. The van der Waals surface area contributed by atoms with Gasteiger partial charge in [-0.05, 0) is 31.9 Å². The van der Waals surface area contributed by atoms with Gasteiger partial charge >= 0.3 is 0 Å². The van der Waals surface area contributed by atoms with Crippen molar-refractivity contribution in [2.75, 3.05) is 11.9 Å². The van der Waals surface area contributed by atoms with E-state index < -0.39 is 5.41 Å². The highest BCUT2D eigenvalue weighted by Gasteiger charge is 2.44. The molecule has 2 rings (SSSR count). The van der Waals surface area contributed by atoms with Gasteiger partial charge in [-0.1, -0.05) is 12.5 Å². The molecule has 0 saturated heterocycles. The third kappa shape index (κ3) is 2.08. The molecule has 4 heteroatoms. The van der Waals surface area contributed by atoms with Gasteiger partial charge in [-0.3, -0.25) is 4.79 Å². The van der Waals surface area contributed by atoms with Crippen LogP contribution in [0.15, 0.2) is 24.3 Å². The number of phenols is 1. The van der Waals surface area contributed by atoms with Gasteiger partial charge in [0.1, 0.15) is 5.75 Å². The number of carbonyl (C=O) groups is 1. The number of hydrogen-bond acceptors (Lipinski definition) is 3. The minimum absolute atomic E-state index is 0.0260. The van der Waals surface area contributed by atoms with E-state index in [1.807, 2.05) is 6.92 Å². The topological polar surface area (TPSA) is 66.6 Å². The third-order valence-corrected chi connectivity index (χ3v) is 4.04. The number of benzene rings is 1. The van der Waals surface area contributed by atoms with E-state index in [0.29, 0.717) is 5.69 Å². The Morgan fingerprint density at radius 2 is 2.28 bits per heavy atom. The van der Waals surface area contributed by atoms with Crippen molar-refractivity contribution in [2.45, 2.75) is 32.2 Å². The summed E-state index contributed by atoms with van der Waals surface area (Å²) < 4.78 is 0. The van der Waals surface area contributed by atoms with Crippen LogP contribution in [-0.4, -0.2) is 24.1 Å². The van der Waals surface area contributed by atoms with Crippen LogP contribution in [-0.2, 0) is 4.79 Å². The van der Waals surface area contributed by atoms with Crippen molar-refractivity contribution in [3.05, 3.63) is 24.3 Å². The highest BCUT2D eigenvalue weighted by atomic mass is 16.3. The molecule has 1 aromatic rings. The van der Waals surface area contributed by atoms with Gasteiger partial charge < -0.3 is 15.7 Å². The minimum atomic E-state index is -0.486. The number of hydrogen-bond donors (Lipinski definition) is 2. The molecular weight excluding hydrogens is 228 g/mol. The Hall–Kier alpha value is -1.55. The lowest BCUT2D eigenvalue weighted by Gasteiger charge is -2.32. The van der Waals surface area contributed by atoms with Crippen molar-refractivity contribution in [2.24, 2.45) is 11.1 Å². The average molecular weight is 248 g/mol. The quantitative estimate of drug-likeness (QED) is 0.839. The number of phenolic OH excluding ortho intramolecular Hbond substituents is 1. The van der Waals surface area contributed by atoms with Crippen molar-refractivity contribution in [1.82, 2.24) is 0 Å². The van der Waals surface area contributed by atoms with Crippen LogP contribution in [0.5, 0.6) is 5.75 Å². The van der Waals surface area contributed by atoms with E-state index in [2.05, 4.69) is 0 Å². The molecule has 1 saturated carbocycles. The summed E-state index contributed by atoms with van der Waals surface area (Å²) in [7, 11) is 1.73. The van der Waals surface area contributed by atoms with Crippen LogP contribution in [0, 0.1) is 5.41 Å². The molecule has 1 aliphatic rings. The molecule has 0 aromatic heterocycles. The van der Waals surface area contributed by atoms with E-state index in [4.69, 9.17) is 5.73 Å². The normalized spacial score (nSPS) is 27.2. The van der Waals surface area contributed by atoms with E-state index in [1.54, 1.807) is 36.2 Å². The number of anilines is 1. The first-order valence-electron chi connectivity index (χ1n) is 6.28. The van der Waals surface area contributed by atoms with Gasteiger partial charge in [0.25, 0.3) is 0 Å². The average Bonchev–Trinajstić information content (AvgIpc) is 2.69. The molecule has 18 heavy (non-hydrogen) atoms. The number of nitrogens with two attached hydrogens (primary N) is 1. The summed E-state index contributed by atoms with van der Waals surface area (Å²) in [6.45, 7) is 1.94. The SMILES string of the molecule is CN(C(=O)C1(C)CCCC1N)c1cccc(O)c1. The number of aromatic hydroxyl groups is 1. The molecule has 1 aromatic carbocycles. The first-order chi connectivity index (χ1) is 8.45. The monoisotopic (exact) mass is 248 g/mol. The van der Waals surface area contributed by atoms with Crippen LogP contribution in [0.2, 0.25) is 0 Å². The molecule has 1 fully saturated rings. The first-order valence-corrected chi connectivity index (χ1v) is 6.28. The fourth-order valence-corrected chi connectivity index (χ4v) is 2.66. The Morgan fingerprint density at radius 3 is 2.83 bits per heavy atom. The van der Waals surface area contributed by atoms with Gasteiger partial charge in [0, 0.05) is 24.8 Å². The summed E-state index contributed by atoms with van der Waals surface area (Å²) in [6, 6.07) is 6.63. The third-order valence-electron chi connectivity index (χ3n) is 4.04. The Bertz CT molecular complexity index is 461. The lowest BCUT2D eigenvalue weighted by Crippen LogP contribution is -2.48. The number of rotatable bonds is 2. The van der Waals surface area contributed by atoms with E-state index in [-0.39, 0.29) is 17.7 Å². The van der Waals surface area contributed by atoms with Gasteiger partial charge in [0.2, 0.25) is 5.91 Å². The Kier molecular flexibility index (Phi) is 3.30. The maximum atomic E-state index is 12.6. The molecule has 1 aliphatic carbocycles. The summed E-state index contributed by atoms with van der Waals surface area (Å²) in [5.74, 6) is 0.186. The second-order valence-corrected chi connectivity index (χ2v) is 5.30. The van der Waals surface area contributed by atoms with E-state index in [9.17, 15) is 9.90 Å². The zero-order valence-corrected chi connectivity index (χ0v) is 10.9. The summed E-state index contributed by atoms with van der Waals surface area (Å²) in [5.41, 5.74) is 6.27. The maximum absolute atomic E-state index is 12.6. The standard InChI is InChI=1S/C14H20N2O2/c1-14(8-4-7-12(14)15)13(18)16(2)10-5-3-6-11(17)9-10/h3,5-6,9,12,17H,4,7-8,15H2,1-2H3. The Balaban J connectivity index is 2.24. The van der Waals surface area contributed by atoms with Crippen LogP contribution in [0.4, 0.5) is 5.69 Å². The predicted molar refractivity (Wildman–Crippen MR) is 71.5 cm³/mol. The molecule has 0 bridgehead atoms. The van der Waals surface area contributed by atoms with Crippen LogP contribution >= 0.6 is 0 Å². The maximum Gasteiger partial charge on any atom is 0.234 e.